The summed E-state index contributed by atoms with van der Waals surface area (Å²) in [4.78, 5) is 24.0. The SMILES string of the molecule is CCCCCC(=O)n1c(=O)ccc2ccccc21. The minimum atomic E-state index is -0.241. The van der Waals surface area contributed by atoms with E-state index in [4.69, 9.17) is 0 Å². The number of nitrogens with zero attached hydrogens (tertiary/aromatic N) is 1. The first-order valence-electron chi connectivity index (χ1n) is 6.38. The smallest absolute Gasteiger partial charge is 0.257 e. The van der Waals surface area contributed by atoms with Gasteiger partial charge in [-0.05, 0) is 23.9 Å². The second-order valence-electron chi connectivity index (χ2n) is 4.42. The third-order valence-electron chi connectivity index (χ3n) is 3.05. The zero-order valence-corrected chi connectivity index (χ0v) is 10.6. The van der Waals surface area contributed by atoms with Gasteiger partial charge in [-0.2, -0.15) is 0 Å². The van der Waals surface area contributed by atoms with Crippen LogP contribution in [0.1, 0.15) is 37.4 Å². The van der Waals surface area contributed by atoms with Crippen molar-refractivity contribution in [1.29, 1.82) is 0 Å². The maximum absolute atomic E-state index is 12.1. The van der Waals surface area contributed by atoms with Gasteiger partial charge in [0.25, 0.3) is 5.56 Å². The highest BCUT2D eigenvalue weighted by Crippen LogP contribution is 2.12. The number of carbonyl (C=O) groups is 1. The Morgan fingerprint density at radius 2 is 1.89 bits per heavy atom. The van der Waals surface area contributed by atoms with Crippen molar-refractivity contribution in [3.05, 3.63) is 46.8 Å². The highest BCUT2D eigenvalue weighted by Gasteiger charge is 2.10. The molecule has 1 aromatic heterocycles. The summed E-state index contributed by atoms with van der Waals surface area (Å²) in [6.07, 6.45) is 3.36. The predicted octanol–water partition coefficient (Wildman–Crippen LogP) is 3.22. The van der Waals surface area contributed by atoms with Crippen LogP contribution in [0.15, 0.2) is 41.2 Å². The monoisotopic (exact) mass is 243 g/mol. The Kier molecular flexibility index (Phi) is 3.92. The van der Waals surface area contributed by atoms with Crippen molar-refractivity contribution in [3.8, 4) is 0 Å². The second kappa shape index (κ2) is 5.63. The summed E-state index contributed by atoms with van der Waals surface area (Å²) in [6.45, 7) is 2.09. The Morgan fingerprint density at radius 1 is 1.11 bits per heavy atom. The third kappa shape index (κ3) is 2.50. The highest BCUT2D eigenvalue weighted by molar-refractivity contribution is 5.91. The normalized spacial score (nSPS) is 10.7. The van der Waals surface area contributed by atoms with Crippen molar-refractivity contribution < 1.29 is 4.79 Å². The third-order valence-corrected chi connectivity index (χ3v) is 3.05. The molecule has 0 aliphatic carbocycles. The van der Waals surface area contributed by atoms with Crippen LogP contribution in [-0.2, 0) is 0 Å². The fraction of sp³-hybridized carbons (Fsp3) is 0.333. The van der Waals surface area contributed by atoms with E-state index in [9.17, 15) is 9.59 Å². The number of rotatable bonds is 4. The molecule has 0 saturated carbocycles. The Morgan fingerprint density at radius 3 is 2.67 bits per heavy atom. The van der Waals surface area contributed by atoms with Crippen LogP contribution in [0.5, 0.6) is 0 Å². The van der Waals surface area contributed by atoms with E-state index in [1.165, 1.54) is 10.6 Å². The van der Waals surface area contributed by atoms with Crippen LogP contribution in [0.3, 0.4) is 0 Å². The Labute approximate surface area is 106 Å². The molecule has 3 heteroatoms. The van der Waals surface area contributed by atoms with Crippen molar-refractivity contribution in [2.45, 2.75) is 32.6 Å². The fourth-order valence-corrected chi connectivity index (χ4v) is 2.08. The molecule has 0 amide bonds. The lowest BCUT2D eigenvalue weighted by Gasteiger charge is -2.08. The number of aromatic nitrogens is 1. The average molecular weight is 243 g/mol. The maximum Gasteiger partial charge on any atom is 0.257 e. The Hall–Kier alpha value is -1.90. The van der Waals surface area contributed by atoms with E-state index in [0.717, 1.165) is 24.6 Å². The summed E-state index contributed by atoms with van der Waals surface area (Å²) in [6, 6.07) is 10.7. The molecule has 0 spiro atoms. The number of benzene rings is 1. The molecular formula is C15H17NO2. The van der Waals surface area contributed by atoms with E-state index < -0.39 is 0 Å². The summed E-state index contributed by atoms with van der Waals surface area (Å²) in [7, 11) is 0. The van der Waals surface area contributed by atoms with Gasteiger partial charge in [-0.1, -0.05) is 38.0 Å². The van der Waals surface area contributed by atoms with Crippen LogP contribution in [0.25, 0.3) is 10.9 Å². The summed E-state index contributed by atoms with van der Waals surface area (Å²) in [5.41, 5.74) is 0.460. The Bertz CT molecular complexity index is 613. The highest BCUT2D eigenvalue weighted by atomic mass is 16.2. The van der Waals surface area contributed by atoms with E-state index in [0.29, 0.717) is 11.9 Å². The molecular weight excluding hydrogens is 226 g/mol. The van der Waals surface area contributed by atoms with Gasteiger partial charge < -0.3 is 0 Å². The zero-order chi connectivity index (χ0) is 13.0. The molecule has 1 aromatic carbocycles. The van der Waals surface area contributed by atoms with Crippen molar-refractivity contribution in [3.63, 3.8) is 0 Å². The summed E-state index contributed by atoms with van der Waals surface area (Å²) in [5.74, 6) is -0.106. The minimum absolute atomic E-state index is 0.106. The first-order valence-corrected chi connectivity index (χ1v) is 6.38. The molecule has 0 aliphatic rings. The zero-order valence-electron chi connectivity index (χ0n) is 10.6. The van der Waals surface area contributed by atoms with E-state index in [2.05, 4.69) is 6.92 Å². The van der Waals surface area contributed by atoms with E-state index in [-0.39, 0.29) is 11.5 Å². The minimum Gasteiger partial charge on any atom is -0.274 e. The van der Waals surface area contributed by atoms with Gasteiger partial charge in [0.2, 0.25) is 5.91 Å². The van der Waals surface area contributed by atoms with E-state index in [1.807, 2.05) is 24.3 Å². The van der Waals surface area contributed by atoms with E-state index >= 15 is 0 Å². The molecule has 2 rings (SSSR count). The first-order chi connectivity index (χ1) is 8.74. The van der Waals surface area contributed by atoms with Crippen LogP contribution in [0, 0.1) is 0 Å². The lowest BCUT2D eigenvalue weighted by molar-refractivity contribution is 0.0900. The van der Waals surface area contributed by atoms with Gasteiger partial charge >= 0.3 is 0 Å². The fourth-order valence-electron chi connectivity index (χ4n) is 2.08. The number of hydrogen-bond donors (Lipinski definition) is 0. The molecule has 0 saturated heterocycles. The van der Waals surface area contributed by atoms with Crippen molar-refractivity contribution in [1.82, 2.24) is 4.57 Å². The average Bonchev–Trinajstić information content (AvgIpc) is 2.38. The molecule has 0 aliphatic heterocycles. The van der Waals surface area contributed by atoms with Crippen molar-refractivity contribution in [2.75, 3.05) is 0 Å². The molecule has 94 valence electrons. The molecule has 1 heterocycles. The van der Waals surface area contributed by atoms with Crippen LogP contribution in [-0.4, -0.2) is 10.5 Å². The molecule has 18 heavy (non-hydrogen) atoms. The first kappa shape index (κ1) is 12.6. The van der Waals surface area contributed by atoms with Gasteiger partial charge in [0.1, 0.15) is 0 Å². The van der Waals surface area contributed by atoms with Crippen LogP contribution in [0.4, 0.5) is 0 Å². The quantitative estimate of drug-likeness (QED) is 0.773. The molecule has 0 unspecified atom stereocenters. The number of fused-ring (bicyclic) bond motifs is 1. The molecule has 0 radical (unpaired) electrons. The van der Waals surface area contributed by atoms with Crippen molar-refractivity contribution >= 4 is 16.8 Å². The summed E-state index contributed by atoms with van der Waals surface area (Å²) < 4.78 is 1.30. The number of pyridine rings is 1. The van der Waals surface area contributed by atoms with Gasteiger partial charge in [0.05, 0.1) is 5.52 Å². The largest absolute Gasteiger partial charge is 0.274 e. The number of para-hydroxylation sites is 1. The van der Waals surface area contributed by atoms with Gasteiger partial charge in [0, 0.05) is 12.5 Å². The lowest BCUT2D eigenvalue weighted by atomic mass is 10.1. The topological polar surface area (TPSA) is 39.1 Å². The second-order valence-corrected chi connectivity index (χ2v) is 4.42. The van der Waals surface area contributed by atoms with Gasteiger partial charge in [-0.15, -0.1) is 0 Å². The lowest BCUT2D eigenvalue weighted by Crippen LogP contribution is -2.26. The molecule has 0 fully saturated rings. The Balaban J connectivity index is 2.40. The van der Waals surface area contributed by atoms with Crippen LogP contribution < -0.4 is 5.56 Å². The van der Waals surface area contributed by atoms with Crippen LogP contribution in [0.2, 0.25) is 0 Å². The summed E-state index contributed by atoms with van der Waals surface area (Å²) in [5, 5.41) is 0.918. The standard InChI is InChI=1S/C15H17NO2/c1-2-3-4-9-14(17)16-13-8-6-5-7-12(13)10-11-15(16)18/h5-8,10-11H,2-4,9H2,1H3. The molecule has 2 aromatic rings. The molecule has 0 N–H and O–H groups in total. The van der Waals surface area contributed by atoms with Gasteiger partial charge in [-0.25, -0.2) is 4.57 Å². The van der Waals surface area contributed by atoms with Gasteiger partial charge in [0.15, 0.2) is 0 Å². The summed E-state index contributed by atoms with van der Waals surface area (Å²) >= 11 is 0. The molecule has 0 bridgehead atoms. The number of carbonyl (C=O) groups excluding carboxylic acids is 1. The molecule has 0 atom stereocenters. The number of unbranched alkanes of at least 4 members (excludes halogenated alkanes) is 2. The predicted molar refractivity (Wildman–Crippen MR) is 73.0 cm³/mol. The van der Waals surface area contributed by atoms with Crippen molar-refractivity contribution in [2.24, 2.45) is 0 Å². The maximum atomic E-state index is 12.1. The van der Waals surface area contributed by atoms with Crippen LogP contribution >= 0.6 is 0 Å². The van der Waals surface area contributed by atoms with Gasteiger partial charge in [-0.3, -0.25) is 9.59 Å². The molecule has 3 nitrogen and oxygen atoms in total. The van der Waals surface area contributed by atoms with E-state index in [1.54, 1.807) is 6.07 Å². The number of hydrogen-bond acceptors (Lipinski definition) is 2.